The summed E-state index contributed by atoms with van der Waals surface area (Å²) in [4.78, 5) is 15.6. The fraction of sp³-hybridized carbons (Fsp3) is 0.682. The van der Waals surface area contributed by atoms with Crippen molar-refractivity contribution in [3.63, 3.8) is 0 Å². The monoisotopic (exact) mass is 406 g/mol. The molecule has 1 spiro atoms. The number of nitrogens with one attached hydrogen (secondary N) is 1. The molecule has 4 aliphatic rings. The average molecular weight is 407 g/mol. The Balaban J connectivity index is 0.00000192. The second-order valence-corrected chi connectivity index (χ2v) is 8.92. The van der Waals surface area contributed by atoms with E-state index in [4.69, 9.17) is 9.47 Å². The summed E-state index contributed by atoms with van der Waals surface area (Å²) in [6, 6.07) is 4.47. The molecule has 5 rings (SSSR count). The molecule has 1 N–H and O–H groups in total. The largest absolute Gasteiger partial charge is 0.486 e. The van der Waals surface area contributed by atoms with Crippen molar-refractivity contribution < 1.29 is 14.3 Å². The number of halogens is 1. The van der Waals surface area contributed by atoms with Crippen LogP contribution in [-0.4, -0.2) is 43.7 Å². The molecule has 0 aromatic heterocycles. The van der Waals surface area contributed by atoms with Crippen molar-refractivity contribution in [2.24, 2.45) is 11.8 Å². The Kier molecular flexibility index (Phi) is 5.25. The van der Waals surface area contributed by atoms with Crippen LogP contribution in [0.25, 0.3) is 0 Å². The highest BCUT2D eigenvalue weighted by Gasteiger charge is 2.47. The maximum absolute atomic E-state index is 13.4. The number of hydrogen-bond donors (Lipinski definition) is 1. The van der Waals surface area contributed by atoms with E-state index in [1.54, 1.807) is 0 Å². The second kappa shape index (κ2) is 7.42. The van der Waals surface area contributed by atoms with Crippen LogP contribution in [0.15, 0.2) is 12.1 Å². The minimum atomic E-state index is 0. The van der Waals surface area contributed by atoms with Crippen molar-refractivity contribution in [3.05, 3.63) is 23.3 Å². The van der Waals surface area contributed by atoms with E-state index in [2.05, 4.69) is 36.2 Å². The number of amides is 1. The number of hydrogen-bond acceptors (Lipinski definition) is 4. The molecule has 2 atom stereocenters. The number of carbonyl (C=O) groups excluding carboxylic acids is 1. The van der Waals surface area contributed by atoms with Gasteiger partial charge in [0.2, 0.25) is 5.91 Å². The van der Waals surface area contributed by atoms with Crippen molar-refractivity contribution in [3.8, 4) is 11.5 Å². The molecule has 1 amide bonds. The van der Waals surface area contributed by atoms with Crippen LogP contribution >= 0.6 is 12.4 Å². The van der Waals surface area contributed by atoms with Crippen LogP contribution in [0.4, 0.5) is 0 Å². The molecule has 28 heavy (non-hydrogen) atoms. The number of rotatable bonds is 2. The molecule has 1 saturated heterocycles. The smallest absolute Gasteiger partial charge is 0.226 e. The quantitative estimate of drug-likeness (QED) is 0.817. The highest BCUT2D eigenvalue weighted by atomic mass is 35.5. The molecule has 2 unspecified atom stereocenters. The lowest BCUT2D eigenvalue weighted by atomic mass is 9.71. The van der Waals surface area contributed by atoms with Gasteiger partial charge in [-0.05, 0) is 62.0 Å². The zero-order valence-corrected chi connectivity index (χ0v) is 17.6. The van der Waals surface area contributed by atoms with Gasteiger partial charge in [-0.15, -0.1) is 12.4 Å². The molecule has 2 fully saturated rings. The molecule has 1 aliphatic carbocycles. The molecule has 0 radical (unpaired) electrons. The second-order valence-electron chi connectivity index (χ2n) is 8.92. The fourth-order valence-corrected chi connectivity index (χ4v) is 5.50. The van der Waals surface area contributed by atoms with E-state index in [1.807, 2.05) is 0 Å². The van der Waals surface area contributed by atoms with Gasteiger partial charge in [-0.25, -0.2) is 0 Å². The van der Waals surface area contributed by atoms with Crippen molar-refractivity contribution in [1.82, 2.24) is 10.2 Å². The third kappa shape index (κ3) is 2.98. The first kappa shape index (κ1) is 19.8. The first-order valence-electron chi connectivity index (χ1n) is 10.5. The predicted molar refractivity (Wildman–Crippen MR) is 110 cm³/mol. The molecule has 0 bridgehead atoms. The Hall–Kier alpha value is -1.46. The summed E-state index contributed by atoms with van der Waals surface area (Å²) in [5.74, 6) is 2.61. The highest BCUT2D eigenvalue weighted by Crippen LogP contribution is 2.52. The Morgan fingerprint density at radius 1 is 1.18 bits per heavy atom. The minimum Gasteiger partial charge on any atom is -0.486 e. The highest BCUT2D eigenvalue weighted by molar-refractivity contribution is 5.85. The van der Waals surface area contributed by atoms with Crippen molar-refractivity contribution in [1.29, 1.82) is 0 Å². The van der Waals surface area contributed by atoms with Gasteiger partial charge in [-0.1, -0.05) is 19.8 Å². The van der Waals surface area contributed by atoms with Crippen LogP contribution in [0, 0.1) is 11.8 Å². The molecular formula is C22H31ClN2O3. The van der Waals surface area contributed by atoms with Gasteiger partial charge >= 0.3 is 0 Å². The Labute approximate surface area is 173 Å². The van der Waals surface area contributed by atoms with E-state index in [-0.39, 0.29) is 29.8 Å². The number of ether oxygens (including phenoxy) is 2. The van der Waals surface area contributed by atoms with Crippen molar-refractivity contribution >= 4 is 18.3 Å². The summed E-state index contributed by atoms with van der Waals surface area (Å²) in [7, 11) is 0. The first-order chi connectivity index (χ1) is 13.1. The lowest BCUT2D eigenvalue weighted by Gasteiger charge is -2.48. The van der Waals surface area contributed by atoms with Crippen LogP contribution in [-0.2, 0) is 10.2 Å². The molecule has 5 nitrogen and oxygen atoms in total. The fourth-order valence-electron chi connectivity index (χ4n) is 5.50. The summed E-state index contributed by atoms with van der Waals surface area (Å²) in [6.45, 7) is 8.29. The zero-order valence-electron chi connectivity index (χ0n) is 16.8. The number of carbonyl (C=O) groups is 1. The van der Waals surface area contributed by atoms with E-state index in [1.165, 1.54) is 24.0 Å². The van der Waals surface area contributed by atoms with Crippen LogP contribution in [0.1, 0.15) is 56.7 Å². The lowest BCUT2D eigenvalue weighted by molar-refractivity contribution is -0.141. The summed E-state index contributed by atoms with van der Waals surface area (Å²) in [5.41, 5.74) is 2.75. The van der Waals surface area contributed by atoms with Crippen LogP contribution in [0.2, 0.25) is 0 Å². The van der Waals surface area contributed by atoms with Gasteiger partial charge in [0.1, 0.15) is 13.2 Å². The van der Waals surface area contributed by atoms with Gasteiger partial charge in [0.15, 0.2) is 11.5 Å². The maximum Gasteiger partial charge on any atom is 0.226 e. The van der Waals surface area contributed by atoms with Crippen LogP contribution in [0.5, 0.6) is 11.5 Å². The molecular weight excluding hydrogens is 376 g/mol. The summed E-state index contributed by atoms with van der Waals surface area (Å²) in [6.07, 6.45) is 4.81. The van der Waals surface area contributed by atoms with Gasteiger partial charge in [-0.3, -0.25) is 4.79 Å². The number of benzene rings is 1. The van der Waals surface area contributed by atoms with Gasteiger partial charge in [0, 0.05) is 17.9 Å². The third-order valence-electron chi connectivity index (χ3n) is 7.43. The zero-order chi connectivity index (χ0) is 18.6. The van der Waals surface area contributed by atoms with E-state index in [0.717, 1.165) is 44.0 Å². The maximum atomic E-state index is 13.4. The average Bonchev–Trinajstić information content (AvgIpc) is 3.11. The van der Waals surface area contributed by atoms with Crippen LogP contribution < -0.4 is 14.8 Å². The molecule has 3 heterocycles. The van der Waals surface area contributed by atoms with Crippen molar-refractivity contribution in [2.45, 2.75) is 51.0 Å². The van der Waals surface area contributed by atoms with Crippen LogP contribution in [0.3, 0.4) is 0 Å². The van der Waals surface area contributed by atoms with Gasteiger partial charge in [-0.2, -0.15) is 0 Å². The predicted octanol–water partition coefficient (Wildman–Crippen LogP) is 3.45. The summed E-state index contributed by atoms with van der Waals surface area (Å²) in [5, 5.41) is 3.31. The molecule has 6 heteroatoms. The molecule has 3 aliphatic heterocycles. The van der Waals surface area contributed by atoms with Gasteiger partial charge in [0.25, 0.3) is 0 Å². The van der Waals surface area contributed by atoms with E-state index in [9.17, 15) is 4.79 Å². The van der Waals surface area contributed by atoms with E-state index in [0.29, 0.717) is 25.0 Å². The SMILES string of the molecule is CC(C(=O)N1CC2(CCCC2)c2cc3c(cc2C1C)OCCO3)C1CNC1.Cl. The third-order valence-corrected chi connectivity index (χ3v) is 7.43. The Morgan fingerprint density at radius 2 is 1.82 bits per heavy atom. The standard InChI is InChI=1S/C22H30N2O3.ClH/c1-14(16-11-23-12-16)21(25)24-13-22(5-3-4-6-22)18-10-20-19(26-7-8-27-20)9-17(18)15(24)2;/h9-10,14-16,23H,3-8,11-13H2,1-2H3;1H. The van der Waals surface area contributed by atoms with Crippen molar-refractivity contribution in [2.75, 3.05) is 32.8 Å². The van der Waals surface area contributed by atoms with E-state index < -0.39 is 0 Å². The summed E-state index contributed by atoms with van der Waals surface area (Å²) >= 11 is 0. The number of nitrogens with zero attached hydrogens (tertiary/aromatic N) is 1. The topological polar surface area (TPSA) is 50.8 Å². The summed E-state index contributed by atoms with van der Waals surface area (Å²) < 4.78 is 11.7. The Bertz CT molecular complexity index is 758. The molecule has 1 aromatic rings. The molecule has 1 aromatic carbocycles. The van der Waals surface area contributed by atoms with Gasteiger partial charge in [0.05, 0.1) is 6.04 Å². The molecule has 1 saturated carbocycles. The van der Waals surface area contributed by atoms with Gasteiger partial charge < -0.3 is 19.7 Å². The molecule has 154 valence electrons. The number of fused-ring (bicyclic) bond motifs is 3. The Morgan fingerprint density at radius 3 is 2.43 bits per heavy atom. The lowest BCUT2D eigenvalue weighted by Crippen LogP contribution is -2.54. The normalized spacial score (nSPS) is 26.2. The minimum absolute atomic E-state index is 0. The van der Waals surface area contributed by atoms with E-state index >= 15 is 0 Å². The first-order valence-corrected chi connectivity index (χ1v) is 10.5.